The van der Waals surface area contributed by atoms with Crippen LogP contribution in [0.1, 0.15) is 52.4 Å². The van der Waals surface area contributed by atoms with Gasteiger partial charge in [-0.15, -0.1) is 0 Å². The number of ether oxygens (including phenoxy) is 1. The van der Waals surface area contributed by atoms with Crippen molar-refractivity contribution in [2.45, 2.75) is 56.6 Å². The number of amides is 1. The van der Waals surface area contributed by atoms with Crippen molar-refractivity contribution in [3.8, 4) is 0 Å². The number of fused-ring (bicyclic) bond motifs is 1. The number of carbonyl (C=O) groups is 5. The Balaban J connectivity index is 0.000000494. The summed E-state index contributed by atoms with van der Waals surface area (Å²) in [6.45, 7) is 2.10. The number of benzene rings is 1. The number of halogens is 6. The topological polar surface area (TPSA) is 233 Å². The number of aliphatic carboxylic acids is 3. The first-order chi connectivity index (χ1) is 25.9. The molecular weight excluding hydrogens is 752 g/mol. The summed E-state index contributed by atoms with van der Waals surface area (Å²) >= 11 is 0. The Morgan fingerprint density at radius 2 is 1.56 bits per heavy atom. The molecule has 3 aromatic rings. The zero-order valence-corrected chi connectivity index (χ0v) is 28.6. The number of nitrogens with zero attached hydrogens (tertiary/aromatic N) is 4. The number of aromatic nitrogens is 3. The molecule has 1 atom stereocenters. The fraction of sp³-hybridized carbons (Fsp3) is 0.394. The lowest BCUT2D eigenvalue weighted by molar-refractivity contribution is -0.193. The standard InChI is InChI=1S/C29H33N7O5.2C2HF3O2/c37-16-22-26(31-15-24(28(38)39)35-29(40)41-17-19-5-2-1-3-6-19)32-18-33-27(22)36-13-10-20(11-14-36)23-9-8-21-7-4-12-30-25(21)34-23;2*3-2(4,5)1(6)7/h1-3,5-6,8-9,16,18,20,24H,4,7,10-15,17H2,(H,30,34)(H,35,40)(H,38,39)(H,31,32,33);2*(H,6,7). The van der Waals surface area contributed by atoms with E-state index in [0.717, 1.165) is 49.3 Å². The van der Waals surface area contributed by atoms with Gasteiger partial charge in [-0.3, -0.25) is 4.79 Å². The second-order valence-corrected chi connectivity index (χ2v) is 11.7. The van der Waals surface area contributed by atoms with E-state index in [1.165, 1.54) is 11.9 Å². The number of hydrogen-bond acceptors (Lipinski definition) is 12. The highest BCUT2D eigenvalue weighted by atomic mass is 19.4. The van der Waals surface area contributed by atoms with Gasteiger partial charge in [0.1, 0.15) is 36.4 Å². The largest absolute Gasteiger partial charge is 0.490 e. The molecule has 0 bridgehead atoms. The van der Waals surface area contributed by atoms with Crippen molar-refractivity contribution in [3.63, 3.8) is 0 Å². The van der Waals surface area contributed by atoms with Crippen LogP contribution in [-0.4, -0.2) is 105 Å². The van der Waals surface area contributed by atoms with Gasteiger partial charge in [-0.05, 0) is 42.9 Å². The summed E-state index contributed by atoms with van der Waals surface area (Å²) in [4.78, 5) is 69.4. The maximum atomic E-state index is 12.2. The SMILES string of the molecule is O=C(O)C(F)(F)F.O=C(O)C(F)(F)F.O=Cc1c(NCC(NC(=O)OCc2ccccc2)C(=O)O)ncnc1N1CCC(c2ccc3c(n2)NCCC3)CC1. The maximum Gasteiger partial charge on any atom is 0.490 e. The van der Waals surface area contributed by atoms with Gasteiger partial charge >= 0.3 is 36.4 Å². The van der Waals surface area contributed by atoms with Crippen molar-refractivity contribution < 1.29 is 70.4 Å². The molecule has 2 aliphatic rings. The number of hydrogen-bond donors (Lipinski definition) is 6. The zero-order chi connectivity index (χ0) is 40.8. The molecule has 1 amide bonds. The third-order valence-electron chi connectivity index (χ3n) is 7.87. The fourth-order valence-corrected chi connectivity index (χ4v) is 5.15. The average Bonchev–Trinajstić information content (AvgIpc) is 3.15. The van der Waals surface area contributed by atoms with Crippen molar-refractivity contribution in [2.24, 2.45) is 0 Å². The van der Waals surface area contributed by atoms with E-state index in [1.807, 2.05) is 23.1 Å². The molecular formula is C33H35F6N7O9. The molecule has 22 heteroatoms. The number of piperidine rings is 1. The molecule has 5 rings (SSSR count). The number of anilines is 3. The summed E-state index contributed by atoms with van der Waals surface area (Å²) in [6, 6.07) is 12.0. The Labute approximate surface area is 307 Å². The van der Waals surface area contributed by atoms with Crippen LogP contribution in [0.5, 0.6) is 0 Å². The van der Waals surface area contributed by atoms with Gasteiger partial charge in [0, 0.05) is 37.8 Å². The first kappa shape index (κ1) is 43.2. The minimum atomic E-state index is -5.08. The lowest BCUT2D eigenvalue weighted by atomic mass is 9.92. The molecule has 0 aliphatic carbocycles. The fourth-order valence-electron chi connectivity index (χ4n) is 5.15. The number of aryl methyl sites for hydroxylation is 1. The van der Waals surface area contributed by atoms with Crippen molar-refractivity contribution in [1.82, 2.24) is 20.3 Å². The Morgan fingerprint density at radius 3 is 2.13 bits per heavy atom. The van der Waals surface area contributed by atoms with Crippen LogP contribution in [0, 0.1) is 0 Å². The highest BCUT2D eigenvalue weighted by molar-refractivity contribution is 5.90. The van der Waals surface area contributed by atoms with Gasteiger partial charge in [0.2, 0.25) is 0 Å². The van der Waals surface area contributed by atoms with Gasteiger partial charge in [-0.25, -0.2) is 34.1 Å². The van der Waals surface area contributed by atoms with E-state index in [-0.39, 0.29) is 24.5 Å². The van der Waals surface area contributed by atoms with E-state index in [4.69, 9.17) is 29.5 Å². The molecule has 1 saturated heterocycles. The molecule has 1 unspecified atom stereocenters. The molecule has 2 aliphatic heterocycles. The molecule has 16 nitrogen and oxygen atoms in total. The van der Waals surface area contributed by atoms with Gasteiger partial charge in [0.25, 0.3) is 0 Å². The normalized spacial score (nSPS) is 14.5. The minimum Gasteiger partial charge on any atom is -0.480 e. The van der Waals surface area contributed by atoms with Crippen LogP contribution in [0.3, 0.4) is 0 Å². The van der Waals surface area contributed by atoms with Crippen LogP contribution < -0.4 is 20.9 Å². The number of rotatable bonds is 10. The molecule has 0 saturated carbocycles. The van der Waals surface area contributed by atoms with Crippen LogP contribution in [0.15, 0.2) is 48.8 Å². The summed E-state index contributed by atoms with van der Waals surface area (Å²) < 4.78 is 68.6. The molecule has 298 valence electrons. The highest BCUT2D eigenvalue weighted by Crippen LogP contribution is 2.33. The first-order valence-corrected chi connectivity index (χ1v) is 16.2. The second kappa shape index (κ2) is 19.7. The van der Waals surface area contributed by atoms with E-state index >= 15 is 0 Å². The third kappa shape index (κ3) is 13.6. The number of alkyl halides is 6. The number of aldehydes is 1. The predicted octanol–water partition coefficient (Wildman–Crippen LogP) is 4.48. The number of carboxylic acids is 3. The Kier molecular flexibility index (Phi) is 15.5. The van der Waals surface area contributed by atoms with Crippen molar-refractivity contribution in [3.05, 3.63) is 71.2 Å². The highest BCUT2D eigenvalue weighted by Gasteiger charge is 2.39. The first-order valence-electron chi connectivity index (χ1n) is 16.2. The van der Waals surface area contributed by atoms with Gasteiger partial charge in [-0.2, -0.15) is 26.3 Å². The minimum absolute atomic E-state index is 0.00706. The van der Waals surface area contributed by atoms with E-state index < -0.39 is 42.4 Å². The third-order valence-corrected chi connectivity index (χ3v) is 7.87. The van der Waals surface area contributed by atoms with Crippen molar-refractivity contribution in [2.75, 3.05) is 41.7 Å². The van der Waals surface area contributed by atoms with E-state index in [0.29, 0.717) is 31.1 Å². The van der Waals surface area contributed by atoms with E-state index in [9.17, 15) is 45.8 Å². The number of nitrogens with one attached hydrogen (secondary N) is 3. The molecule has 4 heterocycles. The van der Waals surface area contributed by atoms with E-state index in [2.05, 4.69) is 38.1 Å². The monoisotopic (exact) mass is 787 g/mol. The molecule has 0 spiro atoms. The van der Waals surface area contributed by atoms with Crippen LogP contribution >= 0.6 is 0 Å². The number of alkyl carbamates (subject to hydrolysis) is 1. The van der Waals surface area contributed by atoms with Crippen LogP contribution in [-0.2, 0) is 32.1 Å². The maximum absolute atomic E-state index is 12.2. The molecule has 1 aromatic carbocycles. The average molecular weight is 788 g/mol. The molecule has 55 heavy (non-hydrogen) atoms. The summed E-state index contributed by atoms with van der Waals surface area (Å²) in [5, 5.41) is 32.5. The van der Waals surface area contributed by atoms with Gasteiger partial charge < -0.3 is 40.9 Å². The summed E-state index contributed by atoms with van der Waals surface area (Å²) in [7, 11) is 0. The van der Waals surface area contributed by atoms with Crippen molar-refractivity contribution >= 4 is 47.7 Å². The quantitative estimate of drug-likeness (QED) is 0.123. The molecule has 0 radical (unpaired) electrons. The van der Waals surface area contributed by atoms with Crippen molar-refractivity contribution in [1.29, 1.82) is 0 Å². The van der Waals surface area contributed by atoms with Gasteiger partial charge in [0.05, 0.1) is 5.56 Å². The zero-order valence-electron chi connectivity index (χ0n) is 28.6. The smallest absolute Gasteiger partial charge is 0.480 e. The lowest BCUT2D eigenvalue weighted by Gasteiger charge is -2.33. The molecule has 1 fully saturated rings. The lowest BCUT2D eigenvalue weighted by Crippen LogP contribution is -2.45. The molecule has 6 N–H and O–H groups in total. The Hall–Kier alpha value is -6.22. The Morgan fingerprint density at radius 1 is 0.945 bits per heavy atom. The summed E-state index contributed by atoms with van der Waals surface area (Å²) in [5.41, 5.74) is 3.35. The van der Waals surface area contributed by atoms with Crippen LogP contribution in [0.25, 0.3) is 0 Å². The van der Waals surface area contributed by atoms with E-state index in [1.54, 1.807) is 12.1 Å². The van der Waals surface area contributed by atoms with Gasteiger partial charge in [-0.1, -0.05) is 36.4 Å². The number of carbonyl (C=O) groups excluding carboxylic acids is 2. The summed E-state index contributed by atoms with van der Waals surface area (Å²) in [6.07, 6.45) is -5.15. The number of carboxylic acid groups (broad SMARTS) is 3. The van der Waals surface area contributed by atoms with Gasteiger partial charge in [0.15, 0.2) is 6.29 Å². The van der Waals surface area contributed by atoms with Crippen LogP contribution in [0.2, 0.25) is 0 Å². The summed E-state index contributed by atoms with van der Waals surface area (Å²) in [5.74, 6) is -4.80. The van der Waals surface area contributed by atoms with Crippen LogP contribution in [0.4, 0.5) is 48.6 Å². The number of pyridine rings is 1. The molecule has 2 aromatic heterocycles. The second-order valence-electron chi connectivity index (χ2n) is 11.7. The predicted molar refractivity (Wildman–Crippen MR) is 180 cm³/mol. The Bertz CT molecular complexity index is 1770.